The lowest BCUT2D eigenvalue weighted by Crippen LogP contribution is -2.05. The van der Waals surface area contributed by atoms with Crippen molar-refractivity contribution >= 4 is 16.6 Å². The van der Waals surface area contributed by atoms with Gasteiger partial charge < -0.3 is 14.2 Å². The molecule has 0 N–H and O–H groups in total. The second-order valence-electron chi connectivity index (χ2n) is 4.76. The summed E-state index contributed by atoms with van der Waals surface area (Å²) in [4.78, 5) is 11.9. The van der Waals surface area contributed by atoms with Crippen LogP contribution in [0.3, 0.4) is 0 Å². The number of carbonyl (C=O) groups is 1. The van der Waals surface area contributed by atoms with Crippen molar-refractivity contribution in [2.45, 2.75) is 20.3 Å². The van der Waals surface area contributed by atoms with Crippen LogP contribution in [0.2, 0.25) is 0 Å². The third kappa shape index (κ3) is 2.85. The highest BCUT2D eigenvalue weighted by Crippen LogP contribution is 2.40. The molecule has 0 saturated heterocycles. The molecule has 21 heavy (non-hydrogen) atoms. The van der Waals surface area contributed by atoms with E-state index in [1.807, 2.05) is 18.2 Å². The first-order valence-electron chi connectivity index (χ1n) is 6.89. The average molecular weight is 288 g/mol. The summed E-state index contributed by atoms with van der Waals surface area (Å²) in [6.45, 7) is 3.76. The number of ether oxygens (including phenoxy) is 3. The summed E-state index contributed by atoms with van der Waals surface area (Å²) in [5.74, 6) is 1.17. The van der Waals surface area contributed by atoms with Crippen LogP contribution in [0.4, 0.5) is 0 Å². The number of aryl methyl sites for hydroxylation is 1. The first kappa shape index (κ1) is 15.3. The van der Waals surface area contributed by atoms with Crippen molar-refractivity contribution in [2.24, 2.45) is 0 Å². The van der Waals surface area contributed by atoms with Gasteiger partial charge >= 0.3 is 0 Å². The summed E-state index contributed by atoms with van der Waals surface area (Å²) in [6, 6.07) is 7.66. The van der Waals surface area contributed by atoms with E-state index in [4.69, 9.17) is 14.2 Å². The van der Waals surface area contributed by atoms with Crippen LogP contribution in [0, 0.1) is 0 Å². The molecule has 4 heteroatoms. The third-order valence-electron chi connectivity index (χ3n) is 3.47. The second-order valence-corrected chi connectivity index (χ2v) is 4.76. The smallest absolute Gasteiger partial charge is 0.188 e. The van der Waals surface area contributed by atoms with Crippen LogP contribution in [-0.4, -0.2) is 26.8 Å². The molecule has 2 aromatic carbocycles. The van der Waals surface area contributed by atoms with Crippen molar-refractivity contribution < 1.29 is 19.0 Å². The number of hydrogen-bond acceptors (Lipinski definition) is 4. The van der Waals surface area contributed by atoms with E-state index < -0.39 is 0 Å². The molecule has 0 saturated carbocycles. The molecular formula is C17H20O4. The number of ketones is 1. The molecule has 0 fully saturated rings. The van der Waals surface area contributed by atoms with Gasteiger partial charge in [0.2, 0.25) is 0 Å². The number of hydrogen-bond donors (Lipinski definition) is 0. The summed E-state index contributed by atoms with van der Waals surface area (Å²) < 4.78 is 16.1. The monoisotopic (exact) mass is 288 g/mol. The maximum absolute atomic E-state index is 11.9. The molecule has 0 spiro atoms. The minimum Gasteiger partial charge on any atom is -0.493 e. The lowest BCUT2D eigenvalue weighted by atomic mass is 9.95. The Balaban J connectivity index is 2.84. The summed E-state index contributed by atoms with van der Waals surface area (Å²) in [7, 11) is 3.14. The maximum Gasteiger partial charge on any atom is 0.188 e. The zero-order valence-corrected chi connectivity index (χ0v) is 12.9. The SMILES string of the molecule is CCc1cccc2c(C(C)=O)cc(OC)c(OCOC)c12. The van der Waals surface area contributed by atoms with Gasteiger partial charge in [0.05, 0.1) is 7.11 Å². The van der Waals surface area contributed by atoms with Gasteiger partial charge in [-0.05, 0) is 30.4 Å². The van der Waals surface area contributed by atoms with Crippen LogP contribution in [-0.2, 0) is 11.2 Å². The Morgan fingerprint density at radius 2 is 2.00 bits per heavy atom. The highest BCUT2D eigenvalue weighted by atomic mass is 16.7. The molecule has 0 radical (unpaired) electrons. The van der Waals surface area contributed by atoms with Gasteiger partial charge in [-0.3, -0.25) is 4.79 Å². The largest absolute Gasteiger partial charge is 0.493 e. The van der Waals surface area contributed by atoms with E-state index in [9.17, 15) is 4.79 Å². The van der Waals surface area contributed by atoms with E-state index in [2.05, 4.69) is 6.92 Å². The van der Waals surface area contributed by atoms with Crippen molar-refractivity contribution in [3.05, 3.63) is 35.4 Å². The van der Waals surface area contributed by atoms with Gasteiger partial charge in [0, 0.05) is 18.1 Å². The van der Waals surface area contributed by atoms with Gasteiger partial charge in [-0.1, -0.05) is 25.1 Å². The van der Waals surface area contributed by atoms with E-state index in [1.165, 1.54) is 0 Å². The predicted octanol–water partition coefficient (Wildman–Crippen LogP) is 3.60. The van der Waals surface area contributed by atoms with Gasteiger partial charge in [0.25, 0.3) is 0 Å². The van der Waals surface area contributed by atoms with Crippen molar-refractivity contribution in [3.8, 4) is 11.5 Å². The Labute approximate surface area is 124 Å². The molecule has 112 valence electrons. The number of methoxy groups -OCH3 is 2. The molecule has 2 aromatic rings. The second kappa shape index (κ2) is 6.59. The summed E-state index contributed by atoms with van der Waals surface area (Å²) in [5.41, 5.74) is 1.75. The summed E-state index contributed by atoms with van der Waals surface area (Å²) in [5, 5.41) is 1.80. The molecule has 0 aliphatic heterocycles. The Morgan fingerprint density at radius 3 is 2.57 bits per heavy atom. The van der Waals surface area contributed by atoms with Crippen LogP contribution in [0.5, 0.6) is 11.5 Å². The first-order valence-corrected chi connectivity index (χ1v) is 6.89. The van der Waals surface area contributed by atoms with Gasteiger partial charge in [-0.2, -0.15) is 0 Å². The Bertz CT molecular complexity index is 661. The summed E-state index contributed by atoms with van der Waals surface area (Å²) in [6.07, 6.45) is 0.838. The number of rotatable bonds is 6. The van der Waals surface area contributed by atoms with Crippen molar-refractivity contribution in [1.82, 2.24) is 0 Å². The first-order chi connectivity index (χ1) is 10.1. The van der Waals surface area contributed by atoms with Crippen LogP contribution in [0.25, 0.3) is 10.8 Å². The Kier molecular flexibility index (Phi) is 4.81. The minimum absolute atomic E-state index is 0.00449. The van der Waals surface area contributed by atoms with E-state index >= 15 is 0 Å². The zero-order chi connectivity index (χ0) is 15.4. The number of carbonyl (C=O) groups excluding carboxylic acids is 1. The van der Waals surface area contributed by atoms with Gasteiger partial charge in [0.15, 0.2) is 24.1 Å². The highest BCUT2D eigenvalue weighted by Gasteiger charge is 2.18. The van der Waals surface area contributed by atoms with Crippen LogP contribution in [0.15, 0.2) is 24.3 Å². The standard InChI is InChI=1S/C17H20O4/c1-5-12-7-6-8-13-14(11(2)18)9-15(20-4)17(16(12)13)21-10-19-3/h6-9H,5,10H2,1-4H3. The number of benzene rings is 2. The normalized spacial score (nSPS) is 10.7. The fourth-order valence-corrected chi connectivity index (χ4v) is 2.49. The molecule has 2 rings (SSSR count). The highest BCUT2D eigenvalue weighted by molar-refractivity contribution is 6.10. The molecule has 0 bridgehead atoms. The number of fused-ring (bicyclic) bond motifs is 1. The topological polar surface area (TPSA) is 44.8 Å². The molecular weight excluding hydrogens is 268 g/mol. The zero-order valence-electron chi connectivity index (χ0n) is 12.9. The van der Waals surface area contributed by atoms with E-state index in [0.717, 1.165) is 22.8 Å². The molecule has 0 atom stereocenters. The van der Waals surface area contributed by atoms with Crippen LogP contribution >= 0.6 is 0 Å². The minimum atomic E-state index is 0.00449. The predicted molar refractivity (Wildman–Crippen MR) is 82.4 cm³/mol. The molecule has 0 aliphatic carbocycles. The van der Waals surface area contributed by atoms with Crippen LogP contribution < -0.4 is 9.47 Å². The van der Waals surface area contributed by atoms with Gasteiger partial charge in [0.1, 0.15) is 0 Å². The van der Waals surface area contributed by atoms with E-state index in [1.54, 1.807) is 27.2 Å². The lowest BCUT2D eigenvalue weighted by molar-refractivity contribution is 0.0503. The van der Waals surface area contributed by atoms with E-state index in [0.29, 0.717) is 17.1 Å². The van der Waals surface area contributed by atoms with Crippen molar-refractivity contribution in [2.75, 3.05) is 21.0 Å². The average Bonchev–Trinajstić information content (AvgIpc) is 2.50. The molecule has 0 unspecified atom stereocenters. The lowest BCUT2D eigenvalue weighted by Gasteiger charge is -2.17. The molecule has 4 nitrogen and oxygen atoms in total. The molecule has 0 heterocycles. The Hall–Kier alpha value is -2.07. The molecule has 0 aromatic heterocycles. The fourth-order valence-electron chi connectivity index (χ4n) is 2.49. The third-order valence-corrected chi connectivity index (χ3v) is 3.47. The van der Waals surface area contributed by atoms with Crippen molar-refractivity contribution in [3.63, 3.8) is 0 Å². The quantitative estimate of drug-likeness (QED) is 0.602. The maximum atomic E-state index is 11.9. The molecule has 0 aliphatic rings. The van der Waals surface area contributed by atoms with Gasteiger partial charge in [-0.15, -0.1) is 0 Å². The fraction of sp³-hybridized carbons (Fsp3) is 0.353. The number of Topliss-reactive ketones (excluding diaryl/α,β-unsaturated/α-hetero) is 1. The Morgan fingerprint density at radius 1 is 1.24 bits per heavy atom. The summed E-state index contributed by atoms with van der Waals surface area (Å²) >= 11 is 0. The molecule has 0 amide bonds. The van der Waals surface area contributed by atoms with Crippen molar-refractivity contribution in [1.29, 1.82) is 0 Å². The van der Waals surface area contributed by atoms with Gasteiger partial charge in [-0.25, -0.2) is 0 Å². The van der Waals surface area contributed by atoms with E-state index in [-0.39, 0.29) is 12.6 Å². The van der Waals surface area contributed by atoms with Crippen LogP contribution in [0.1, 0.15) is 29.8 Å².